The second-order valence-corrected chi connectivity index (χ2v) is 5.40. The van der Waals surface area contributed by atoms with Crippen molar-refractivity contribution in [1.29, 1.82) is 0 Å². The highest BCUT2D eigenvalue weighted by Crippen LogP contribution is 2.27. The monoisotopic (exact) mass is 268 g/mol. The highest BCUT2D eigenvalue weighted by atomic mass is 35.5. The maximum Gasteiger partial charge on any atom is 0.0726 e. The third kappa shape index (κ3) is 3.16. The normalized spacial score (nSPS) is 24.3. The number of ether oxygens (including phenoxy) is 1. The van der Waals surface area contributed by atoms with E-state index >= 15 is 0 Å². The Kier molecular flexibility index (Phi) is 4.49. The quantitative estimate of drug-likeness (QED) is 0.912. The molecular formula is C14H21ClN2O. The maximum absolute atomic E-state index is 6.08. The number of hydrogen-bond donors (Lipinski definition) is 1. The minimum Gasteiger partial charge on any atom is -0.372 e. The molecule has 0 aliphatic carbocycles. The number of benzene rings is 1. The standard InChI is InChI=1S/C14H21ClN2O/c1-10-8-17(9-11(2)18-10)14-5-4-13(15)6-12(14)7-16-3/h4-6,10-11,16H,7-9H2,1-3H3/t10-,11+. The van der Waals surface area contributed by atoms with Crippen LogP contribution in [0.25, 0.3) is 0 Å². The van der Waals surface area contributed by atoms with Crippen LogP contribution in [0.3, 0.4) is 0 Å². The molecule has 2 rings (SSSR count). The van der Waals surface area contributed by atoms with Gasteiger partial charge in [-0.25, -0.2) is 0 Å². The number of anilines is 1. The fourth-order valence-electron chi connectivity index (χ4n) is 2.57. The predicted molar refractivity (Wildman–Crippen MR) is 76.4 cm³/mol. The molecule has 0 unspecified atom stereocenters. The van der Waals surface area contributed by atoms with E-state index in [-0.39, 0.29) is 12.2 Å². The van der Waals surface area contributed by atoms with Crippen molar-refractivity contribution in [3.8, 4) is 0 Å². The van der Waals surface area contributed by atoms with Gasteiger partial charge in [0.15, 0.2) is 0 Å². The lowest BCUT2D eigenvalue weighted by atomic mass is 10.1. The topological polar surface area (TPSA) is 24.5 Å². The van der Waals surface area contributed by atoms with Crippen molar-refractivity contribution in [3.63, 3.8) is 0 Å². The summed E-state index contributed by atoms with van der Waals surface area (Å²) in [4.78, 5) is 2.39. The fraction of sp³-hybridized carbons (Fsp3) is 0.571. The molecule has 1 saturated heterocycles. The van der Waals surface area contributed by atoms with Crippen LogP contribution >= 0.6 is 11.6 Å². The molecule has 0 radical (unpaired) electrons. The molecule has 2 atom stereocenters. The van der Waals surface area contributed by atoms with Crippen molar-refractivity contribution in [1.82, 2.24) is 5.32 Å². The van der Waals surface area contributed by atoms with E-state index in [1.165, 1.54) is 11.3 Å². The highest BCUT2D eigenvalue weighted by molar-refractivity contribution is 6.30. The van der Waals surface area contributed by atoms with Crippen LogP contribution in [-0.4, -0.2) is 32.3 Å². The minimum atomic E-state index is 0.270. The van der Waals surface area contributed by atoms with Gasteiger partial charge >= 0.3 is 0 Å². The van der Waals surface area contributed by atoms with Gasteiger partial charge in [0.2, 0.25) is 0 Å². The van der Waals surface area contributed by atoms with Crippen LogP contribution in [0.15, 0.2) is 18.2 Å². The molecule has 100 valence electrons. The third-order valence-electron chi connectivity index (χ3n) is 3.17. The fourth-order valence-corrected chi connectivity index (χ4v) is 2.76. The van der Waals surface area contributed by atoms with Gasteiger partial charge in [0.25, 0.3) is 0 Å². The van der Waals surface area contributed by atoms with Crippen LogP contribution in [0.1, 0.15) is 19.4 Å². The molecule has 1 aliphatic rings. The first-order valence-electron chi connectivity index (χ1n) is 6.43. The van der Waals surface area contributed by atoms with Crippen LogP contribution in [-0.2, 0) is 11.3 Å². The maximum atomic E-state index is 6.08. The summed E-state index contributed by atoms with van der Waals surface area (Å²) in [7, 11) is 1.95. The molecule has 1 aromatic rings. The summed E-state index contributed by atoms with van der Waals surface area (Å²) in [6.07, 6.45) is 0.540. The molecule has 3 nitrogen and oxygen atoms in total. The van der Waals surface area contributed by atoms with Crippen LogP contribution < -0.4 is 10.2 Å². The van der Waals surface area contributed by atoms with Crippen molar-refractivity contribution in [3.05, 3.63) is 28.8 Å². The van der Waals surface area contributed by atoms with E-state index in [0.29, 0.717) is 0 Å². The van der Waals surface area contributed by atoms with Crippen molar-refractivity contribution in [2.24, 2.45) is 0 Å². The van der Waals surface area contributed by atoms with Crippen LogP contribution in [0.5, 0.6) is 0 Å². The molecule has 0 bridgehead atoms. The Balaban J connectivity index is 2.25. The second-order valence-electron chi connectivity index (χ2n) is 4.97. The van der Waals surface area contributed by atoms with E-state index < -0.39 is 0 Å². The lowest BCUT2D eigenvalue weighted by Crippen LogP contribution is -2.45. The smallest absolute Gasteiger partial charge is 0.0726 e. The Morgan fingerprint density at radius 1 is 1.33 bits per heavy atom. The number of nitrogens with zero attached hydrogens (tertiary/aromatic N) is 1. The Morgan fingerprint density at radius 3 is 2.61 bits per heavy atom. The molecule has 18 heavy (non-hydrogen) atoms. The molecule has 0 saturated carbocycles. The van der Waals surface area contributed by atoms with E-state index in [0.717, 1.165) is 24.7 Å². The average Bonchev–Trinajstić information content (AvgIpc) is 2.28. The van der Waals surface area contributed by atoms with Gasteiger partial charge in [0.05, 0.1) is 12.2 Å². The number of hydrogen-bond acceptors (Lipinski definition) is 3. The first-order chi connectivity index (χ1) is 8.60. The molecule has 0 spiro atoms. The Bertz CT molecular complexity index is 401. The summed E-state index contributed by atoms with van der Waals surface area (Å²) < 4.78 is 5.78. The average molecular weight is 269 g/mol. The summed E-state index contributed by atoms with van der Waals surface area (Å²) in [6.45, 7) is 6.94. The van der Waals surface area contributed by atoms with Crippen molar-refractivity contribution >= 4 is 17.3 Å². The zero-order valence-corrected chi connectivity index (χ0v) is 12.0. The predicted octanol–water partition coefficient (Wildman–Crippen LogP) is 2.67. The summed E-state index contributed by atoms with van der Waals surface area (Å²) in [6, 6.07) is 6.11. The highest BCUT2D eigenvalue weighted by Gasteiger charge is 2.23. The summed E-state index contributed by atoms with van der Waals surface area (Å²) >= 11 is 6.08. The van der Waals surface area contributed by atoms with Crippen molar-refractivity contribution in [2.45, 2.75) is 32.6 Å². The molecule has 1 aromatic carbocycles. The zero-order valence-electron chi connectivity index (χ0n) is 11.2. The zero-order chi connectivity index (χ0) is 13.1. The van der Waals surface area contributed by atoms with Gasteiger partial charge in [0, 0.05) is 30.3 Å². The molecule has 1 aliphatic heterocycles. The molecule has 0 aromatic heterocycles. The lowest BCUT2D eigenvalue weighted by molar-refractivity contribution is -0.00526. The lowest BCUT2D eigenvalue weighted by Gasteiger charge is -2.37. The Labute approximate surface area is 114 Å². The van der Waals surface area contributed by atoms with Gasteiger partial charge < -0.3 is 15.0 Å². The van der Waals surface area contributed by atoms with Gasteiger partial charge in [-0.15, -0.1) is 0 Å². The number of nitrogens with one attached hydrogen (secondary N) is 1. The summed E-state index contributed by atoms with van der Waals surface area (Å²) in [5, 5.41) is 3.99. The SMILES string of the molecule is CNCc1cc(Cl)ccc1N1C[C@@H](C)O[C@@H](C)C1. The van der Waals surface area contributed by atoms with E-state index in [1.54, 1.807) is 0 Å². The molecule has 1 heterocycles. The van der Waals surface area contributed by atoms with Crippen molar-refractivity contribution < 1.29 is 4.74 Å². The molecule has 0 amide bonds. The van der Waals surface area contributed by atoms with Gasteiger partial charge in [0.1, 0.15) is 0 Å². The van der Waals surface area contributed by atoms with E-state index in [4.69, 9.17) is 16.3 Å². The van der Waals surface area contributed by atoms with Gasteiger partial charge in [-0.3, -0.25) is 0 Å². The number of rotatable bonds is 3. The van der Waals surface area contributed by atoms with Gasteiger partial charge in [-0.05, 0) is 44.7 Å². The van der Waals surface area contributed by atoms with Gasteiger partial charge in [-0.1, -0.05) is 11.6 Å². The Morgan fingerprint density at radius 2 is 2.00 bits per heavy atom. The van der Waals surface area contributed by atoms with Crippen LogP contribution in [0.4, 0.5) is 5.69 Å². The molecule has 1 N–H and O–H groups in total. The molecule has 1 fully saturated rings. The third-order valence-corrected chi connectivity index (χ3v) is 3.40. The van der Waals surface area contributed by atoms with E-state index in [2.05, 4.69) is 30.1 Å². The van der Waals surface area contributed by atoms with E-state index in [1.807, 2.05) is 19.2 Å². The largest absolute Gasteiger partial charge is 0.372 e. The number of halogens is 1. The Hall–Kier alpha value is -0.770. The van der Waals surface area contributed by atoms with E-state index in [9.17, 15) is 0 Å². The molecular weight excluding hydrogens is 248 g/mol. The van der Waals surface area contributed by atoms with Crippen LogP contribution in [0, 0.1) is 0 Å². The van der Waals surface area contributed by atoms with Crippen LogP contribution in [0.2, 0.25) is 5.02 Å². The van der Waals surface area contributed by atoms with Gasteiger partial charge in [-0.2, -0.15) is 0 Å². The first-order valence-corrected chi connectivity index (χ1v) is 6.81. The summed E-state index contributed by atoms with van der Waals surface area (Å²) in [5.74, 6) is 0. The minimum absolute atomic E-state index is 0.270. The first kappa shape index (κ1) is 13.7. The summed E-state index contributed by atoms with van der Waals surface area (Å²) in [5.41, 5.74) is 2.50. The molecule has 4 heteroatoms. The second kappa shape index (κ2) is 5.91. The van der Waals surface area contributed by atoms with Crippen molar-refractivity contribution in [2.75, 3.05) is 25.0 Å². The number of morpholine rings is 1.